The standard InChI is InChI=1S/C28H32N6O/c1-4-35-23-10-11-26-25(16-23)21(3)31-28(32-26)34-13-7-12-33(14-15-34)19-22-17-29-27(30-18-22)24-9-6-5-8-20(24)2/h5-6,8-11,16-18H,4,7,12-15,19H2,1-3H3. The molecule has 0 unspecified atom stereocenters. The van der Waals surface area contributed by atoms with Crippen LogP contribution in [-0.4, -0.2) is 57.6 Å². The van der Waals surface area contributed by atoms with E-state index in [9.17, 15) is 0 Å². The predicted octanol–water partition coefficient (Wildman–Crippen LogP) is 4.81. The van der Waals surface area contributed by atoms with Gasteiger partial charge in [-0.15, -0.1) is 0 Å². The van der Waals surface area contributed by atoms with E-state index in [1.54, 1.807) is 0 Å². The highest BCUT2D eigenvalue weighted by atomic mass is 16.5. The summed E-state index contributed by atoms with van der Waals surface area (Å²) in [6, 6.07) is 14.3. The molecule has 0 aliphatic carbocycles. The normalized spacial score (nSPS) is 14.8. The van der Waals surface area contributed by atoms with E-state index >= 15 is 0 Å². The quantitative estimate of drug-likeness (QED) is 0.402. The van der Waals surface area contributed by atoms with Gasteiger partial charge in [0, 0.05) is 61.6 Å². The molecule has 3 heterocycles. The van der Waals surface area contributed by atoms with E-state index in [-0.39, 0.29) is 0 Å². The number of nitrogens with zero attached hydrogens (tertiary/aromatic N) is 6. The zero-order valence-electron chi connectivity index (χ0n) is 20.7. The lowest BCUT2D eigenvalue weighted by atomic mass is 10.1. The van der Waals surface area contributed by atoms with E-state index in [4.69, 9.17) is 14.7 Å². The van der Waals surface area contributed by atoms with E-state index in [1.807, 2.05) is 56.6 Å². The van der Waals surface area contributed by atoms with Crippen molar-refractivity contribution in [1.29, 1.82) is 0 Å². The Labute approximate surface area is 206 Å². The van der Waals surface area contributed by atoms with E-state index in [1.165, 1.54) is 5.56 Å². The minimum absolute atomic E-state index is 0.650. The fraction of sp³-hybridized carbons (Fsp3) is 0.357. The number of hydrogen-bond donors (Lipinski definition) is 0. The van der Waals surface area contributed by atoms with Crippen molar-refractivity contribution >= 4 is 16.9 Å². The van der Waals surface area contributed by atoms with Crippen LogP contribution in [0.15, 0.2) is 54.9 Å². The number of fused-ring (bicyclic) bond motifs is 1. The zero-order valence-corrected chi connectivity index (χ0v) is 20.7. The van der Waals surface area contributed by atoms with Gasteiger partial charge in [-0.3, -0.25) is 4.90 Å². The van der Waals surface area contributed by atoms with Gasteiger partial charge in [-0.05, 0) is 51.0 Å². The lowest BCUT2D eigenvalue weighted by Crippen LogP contribution is -2.31. The summed E-state index contributed by atoms with van der Waals surface area (Å²) in [5, 5.41) is 1.05. The second-order valence-corrected chi connectivity index (χ2v) is 9.07. The van der Waals surface area contributed by atoms with E-state index in [0.29, 0.717) is 6.61 Å². The predicted molar refractivity (Wildman–Crippen MR) is 140 cm³/mol. The summed E-state index contributed by atoms with van der Waals surface area (Å²) in [4.78, 5) is 23.8. The number of anilines is 1. The molecule has 0 atom stereocenters. The first kappa shape index (κ1) is 23.2. The Morgan fingerprint density at radius 3 is 2.54 bits per heavy atom. The number of benzene rings is 2. The van der Waals surface area contributed by atoms with Crippen LogP contribution in [0.1, 0.15) is 30.2 Å². The molecule has 5 rings (SSSR count). The topological polar surface area (TPSA) is 67.3 Å². The molecule has 0 amide bonds. The van der Waals surface area contributed by atoms with Gasteiger partial charge in [0.1, 0.15) is 5.75 Å². The first-order valence-electron chi connectivity index (χ1n) is 12.4. The van der Waals surface area contributed by atoms with Gasteiger partial charge in [-0.25, -0.2) is 19.9 Å². The van der Waals surface area contributed by atoms with Crippen molar-refractivity contribution in [2.24, 2.45) is 0 Å². The Kier molecular flexibility index (Phi) is 6.86. The fourth-order valence-corrected chi connectivity index (χ4v) is 4.63. The first-order chi connectivity index (χ1) is 17.1. The number of rotatable bonds is 6. The molecule has 4 aromatic rings. The maximum Gasteiger partial charge on any atom is 0.226 e. The maximum atomic E-state index is 5.65. The highest BCUT2D eigenvalue weighted by Crippen LogP contribution is 2.25. The number of aryl methyl sites for hydroxylation is 2. The van der Waals surface area contributed by atoms with Gasteiger partial charge in [0.2, 0.25) is 5.95 Å². The van der Waals surface area contributed by atoms with Gasteiger partial charge in [0.15, 0.2) is 5.82 Å². The van der Waals surface area contributed by atoms with Gasteiger partial charge in [0.25, 0.3) is 0 Å². The van der Waals surface area contributed by atoms with Crippen LogP contribution < -0.4 is 9.64 Å². The molecule has 180 valence electrons. The smallest absolute Gasteiger partial charge is 0.226 e. The Balaban J connectivity index is 1.25. The molecule has 2 aromatic carbocycles. The van der Waals surface area contributed by atoms with Gasteiger partial charge in [0.05, 0.1) is 17.8 Å². The van der Waals surface area contributed by atoms with Gasteiger partial charge < -0.3 is 9.64 Å². The third kappa shape index (κ3) is 5.25. The summed E-state index contributed by atoms with van der Waals surface area (Å²) in [5.74, 6) is 2.46. The Bertz CT molecular complexity index is 1310. The van der Waals surface area contributed by atoms with Crippen LogP contribution in [0, 0.1) is 13.8 Å². The first-order valence-corrected chi connectivity index (χ1v) is 12.4. The van der Waals surface area contributed by atoms with Crippen LogP contribution in [0.5, 0.6) is 5.75 Å². The second-order valence-electron chi connectivity index (χ2n) is 9.07. The molecule has 0 radical (unpaired) electrons. The van der Waals surface area contributed by atoms with E-state index < -0.39 is 0 Å². The van der Waals surface area contributed by atoms with Crippen LogP contribution in [0.3, 0.4) is 0 Å². The van der Waals surface area contributed by atoms with E-state index in [0.717, 1.165) is 84.4 Å². The molecule has 1 aliphatic rings. The van der Waals surface area contributed by atoms with E-state index in [2.05, 4.69) is 38.8 Å². The van der Waals surface area contributed by atoms with Crippen LogP contribution in [0.4, 0.5) is 5.95 Å². The Morgan fingerprint density at radius 1 is 0.914 bits per heavy atom. The van der Waals surface area contributed by atoms with Crippen LogP contribution in [0.2, 0.25) is 0 Å². The Hall–Kier alpha value is -3.58. The lowest BCUT2D eigenvalue weighted by molar-refractivity contribution is 0.285. The van der Waals surface area contributed by atoms with Gasteiger partial charge in [-0.2, -0.15) is 0 Å². The van der Waals surface area contributed by atoms with Crippen molar-refractivity contribution < 1.29 is 4.74 Å². The molecule has 35 heavy (non-hydrogen) atoms. The third-order valence-electron chi connectivity index (χ3n) is 6.53. The van der Waals surface area contributed by atoms with Crippen molar-refractivity contribution in [2.45, 2.75) is 33.7 Å². The summed E-state index contributed by atoms with van der Waals surface area (Å²) in [6.07, 6.45) is 4.99. The average Bonchev–Trinajstić information content (AvgIpc) is 3.11. The summed E-state index contributed by atoms with van der Waals surface area (Å²) < 4.78 is 5.65. The molecule has 1 fully saturated rings. The fourth-order valence-electron chi connectivity index (χ4n) is 4.63. The maximum absolute atomic E-state index is 5.65. The summed E-state index contributed by atoms with van der Waals surface area (Å²) in [7, 11) is 0. The largest absolute Gasteiger partial charge is 0.494 e. The summed E-state index contributed by atoms with van der Waals surface area (Å²) in [5.41, 5.74) is 5.36. The van der Waals surface area contributed by atoms with Gasteiger partial charge >= 0.3 is 0 Å². The SMILES string of the molecule is CCOc1ccc2nc(N3CCCN(Cc4cnc(-c5ccccc5C)nc4)CC3)nc(C)c2c1. The highest BCUT2D eigenvalue weighted by molar-refractivity contribution is 5.83. The molecule has 1 aliphatic heterocycles. The van der Waals surface area contributed by atoms with Crippen LogP contribution in [-0.2, 0) is 6.54 Å². The van der Waals surface area contributed by atoms with Crippen molar-refractivity contribution in [1.82, 2.24) is 24.8 Å². The summed E-state index contributed by atoms with van der Waals surface area (Å²) >= 11 is 0. The molecule has 2 aromatic heterocycles. The van der Waals surface area contributed by atoms with Crippen molar-refractivity contribution in [3.8, 4) is 17.1 Å². The minimum atomic E-state index is 0.650. The third-order valence-corrected chi connectivity index (χ3v) is 6.53. The Morgan fingerprint density at radius 2 is 1.74 bits per heavy atom. The van der Waals surface area contributed by atoms with Crippen molar-refractivity contribution in [3.05, 3.63) is 71.7 Å². The molecule has 0 N–H and O–H groups in total. The highest BCUT2D eigenvalue weighted by Gasteiger charge is 2.19. The zero-order chi connectivity index (χ0) is 24.2. The number of ether oxygens (including phenoxy) is 1. The van der Waals surface area contributed by atoms with Crippen LogP contribution in [0.25, 0.3) is 22.3 Å². The molecular weight excluding hydrogens is 436 g/mol. The van der Waals surface area contributed by atoms with Gasteiger partial charge in [-0.1, -0.05) is 24.3 Å². The average molecular weight is 469 g/mol. The van der Waals surface area contributed by atoms with Crippen molar-refractivity contribution in [2.75, 3.05) is 37.7 Å². The molecule has 1 saturated heterocycles. The monoisotopic (exact) mass is 468 g/mol. The summed E-state index contributed by atoms with van der Waals surface area (Å²) in [6.45, 7) is 11.4. The molecule has 0 bridgehead atoms. The molecular formula is C28H32N6O. The molecule has 0 spiro atoms. The molecule has 0 saturated carbocycles. The van der Waals surface area contributed by atoms with Crippen molar-refractivity contribution in [3.63, 3.8) is 0 Å². The van der Waals surface area contributed by atoms with Crippen LogP contribution >= 0.6 is 0 Å². The molecule has 7 nitrogen and oxygen atoms in total. The minimum Gasteiger partial charge on any atom is -0.494 e. The number of aromatic nitrogens is 4. The second kappa shape index (κ2) is 10.4. The number of hydrogen-bond acceptors (Lipinski definition) is 7. The lowest BCUT2D eigenvalue weighted by Gasteiger charge is -2.22. The molecule has 7 heteroatoms.